The third-order valence-electron chi connectivity index (χ3n) is 6.82. The van der Waals surface area contributed by atoms with Gasteiger partial charge in [-0.2, -0.15) is 0 Å². The Labute approximate surface area is 198 Å². The average Bonchev–Trinajstić information content (AvgIpc) is 3.44. The molecule has 1 heterocycles. The van der Waals surface area contributed by atoms with Gasteiger partial charge in [0.15, 0.2) is 5.82 Å². The molecule has 0 aliphatic heterocycles. The molecule has 2 fully saturated rings. The number of nitrogens with zero attached hydrogens (tertiary/aromatic N) is 3. The van der Waals surface area contributed by atoms with E-state index in [4.69, 9.17) is 4.74 Å². The van der Waals surface area contributed by atoms with Crippen LogP contribution in [0.1, 0.15) is 107 Å². The minimum absolute atomic E-state index is 0.00385. The van der Waals surface area contributed by atoms with Crippen molar-refractivity contribution in [2.24, 2.45) is 11.8 Å². The molecule has 2 aromatic rings. The maximum atomic E-state index is 13.0. The molecule has 180 valence electrons. The third-order valence-corrected chi connectivity index (χ3v) is 6.82. The van der Waals surface area contributed by atoms with Crippen molar-refractivity contribution in [3.63, 3.8) is 0 Å². The highest BCUT2D eigenvalue weighted by Crippen LogP contribution is 2.47. The summed E-state index contributed by atoms with van der Waals surface area (Å²) in [5, 5.41) is 12.3. The van der Waals surface area contributed by atoms with Gasteiger partial charge in [-0.05, 0) is 83.3 Å². The van der Waals surface area contributed by atoms with E-state index in [1.54, 1.807) is 0 Å². The first-order valence-electron chi connectivity index (χ1n) is 12.7. The molecule has 4 rings (SSSR count). The van der Waals surface area contributed by atoms with Crippen LogP contribution in [-0.2, 0) is 9.53 Å². The molecule has 1 amide bonds. The molecule has 6 heteroatoms. The van der Waals surface area contributed by atoms with Crippen LogP contribution in [0.4, 0.5) is 5.69 Å². The maximum absolute atomic E-state index is 13.0. The number of carbonyl (C=O) groups excluding carboxylic acids is 1. The normalized spacial score (nSPS) is 21.3. The van der Waals surface area contributed by atoms with Gasteiger partial charge in [0.05, 0.1) is 12.5 Å². The van der Waals surface area contributed by atoms with E-state index in [1.165, 1.54) is 24.8 Å². The number of anilines is 1. The predicted octanol–water partition coefficient (Wildman–Crippen LogP) is 6.26. The Morgan fingerprint density at radius 2 is 1.88 bits per heavy atom. The van der Waals surface area contributed by atoms with Gasteiger partial charge in [-0.3, -0.25) is 4.79 Å². The lowest BCUT2D eigenvalue weighted by Crippen LogP contribution is -2.27. The highest BCUT2D eigenvalue weighted by molar-refractivity contribution is 5.91. The largest absolute Gasteiger partial charge is 0.367 e. The van der Waals surface area contributed by atoms with Crippen LogP contribution < -0.4 is 5.32 Å². The molecule has 0 saturated heterocycles. The number of aryl methyl sites for hydroxylation is 2. The molecule has 0 bridgehead atoms. The summed E-state index contributed by atoms with van der Waals surface area (Å²) >= 11 is 0. The predicted molar refractivity (Wildman–Crippen MR) is 131 cm³/mol. The molecule has 6 nitrogen and oxygen atoms in total. The Morgan fingerprint density at radius 1 is 1.15 bits per heavy atom. The van der Waals surface area contributed by atoms with Gasteiger partial charge in [0.2, 0.25) is 5.91 Å². The van der Waals surface area contributed by atoms with Crippen LogP contribution in [0, 0.1) is 25.7 Å². The monoisotopic (exact) mass is 452 g/mol. The van der Waals surface area contributed by atoms with E-state index in [-0.39, 0.29) is 18.4 Å². The van der Waals surface area contributed by atoms with Gasteiger partial charge < -0.3 is 14.6 Å². The number of nitrogens with one attached hydrogen (secondary N) is 1. The molecule has 0 unspecified atom stereocenters. The number of carbonyl (C=O) groups is 1. The number of rotatable bonds is 10. The highest BCUT2D eigenvalue weighted by Gasteiger charge is 2.40. The fourth-order valence-electron chi connectivity index (χ4n) is 5.18. The number of benzene rings is 1. The molecule has 1 atom stereocenters. The van der Waals surface area contributed by atoms with Gasteiger partial charge in [0.1, 0.15) is 11.9 Å². The number of ether oxygens (including phenoxy) is 1. The van der Waals surface area contributed by atoms with Crippen molar-refractivity contribution < 1.29 is 9.53 Å². The first kappa shape index (κ1) is 23.9. The molecule has 1 aromatic carbocycles. The zero-order chi connectivity index (χ0) is 23.7. The summed E-state index contributed by atoms with van der Waals surface area (Å²) in [5.74, 6) is 3.91. The molecule has 0 spiro atoms. The first-order chi connectivity index (χ1) is 15.7. The molecule has 1 aromatic heterocycles. The highest BCUT2D eigenvalue weighted by atomic mass is 16.5. The van der Waals surface area contributed by atoms with Gasteiger partial charge in [-0.15, -0.1) is 10.2 Å². The third kappa shape index (κ3) is 5.84. The summed E-state index contributed by atoms with van der Waals surface area (Å²) in [4.78, 5) is 13.0. The molecule has 2 saturated carbocycles. The van der Waals surface area contributed by atoms with Crippen molar-refractivity contribution in [2.75, 3.05) is 5.32 Å². The molecule has 2 aliphatic rings. The molecular weight excluding hydrogens is 412 g/mol. The second kappa shape index (κ2) is 9.96. The van der Waals surface area contributed by atoms with E-state index in [9.17, 15) is 4.79 Å². The number of amides is 1. The van der Waals surface area contributed by atoms with Crippen LogP contribution >= 0.6 is 0 Å². The second-order valence-corrected chi connectivity index (χ2v) is 10.9. The summed E-state index contributed by atoms with van der Waals surface area (Å²) in [6.45, 7) is 12.7. The Hall–Kier alpha value is -2.21. The average molecular weight is 453 g/mol. The zero-order valence-electron chi connectivity index (χ0n) is 21.1. The van der Waals surface area contributed by atoms with Gasteiger partial charge in [0, 0.05) is 17.6 Å². The molecular formula is C27H40N4O2. The van der Waals surface area contributed by atoms with Gasteiger partial charge in [-0.1, -0.05) is 31.5 Å². The van der Waals surface area contributed by atoms with Crippen LogP contribution in [0.2, 0.25) is 0 Å². The van der Waals surface area contributed by atoms with Crippen molar-refractivity contribution in [1.29, 1.82) is 0 Å². The van der Waals surface area contributed by atoms with E-state index >= 15 is 0 Å². The van der Waals surface area contributed by atoms with Gasteiger partial charge >= 0.3 is 0 Å². The molecule has 0 radical (unpaired) electrons. The Kier molecular flexibility index (Phi) is 7.22. The Balaban J connectivity index is 1.51. The lowest BCUT2D eigenvalue weighted by atomic mass is 9.71. The quantitative estimate of drug-likeness (QED) is 0.462. The second-order valence-electron chi connectivity index (χ2n) is 10.9. The van der Waals surface area contributed by atoms with E-state index in [1.807, 2.05) is 32.9 Å². The molecule has 1 N–H and O–H groups in total. The van der Waals surface area contributed by atoms with Crippen LogP contribution in [-0.4, -0.2) is 26.8 Å². The fourth-order valence-corrected chi connectivity index (χ4v) is 5.18. The van der Waals surface area contributed by atoms with Crippen molar-refractivity contribution in [1.82, 2.24) is 14.8 Å². The van der Waals surface area contributed by atoms with Crippen LogP contribution in [0.15, 0.2) is 18.2 Å². The summed E-state index contributed by atoms with van der Waals surface area (Å²) < 4.78 is 8.57. The standard InChI is InChI=1S/C27H40N4O2/c1-16(2)11-20-13-21(14-20)26-29-30-27(31(26)22-8-9-22)24(33-17(3)4)15-25(32)28-23-10-7-18(5)12-19(23)6/h7,10,12,16-17,20-22,24H,8-9,11,13-15H2,1-6H3,(H,28,32)/t20?,21?,24-/m0/s1. The zero-order valence-corrected chi connectivity index (χ0v) is 21.1. The van der Waals surface area contributed by atoms with E-state index in [0.717, 1.165) is 47.6 Å². The number of aromatic nitrogens is 3. The maximum Gasteiger partial charge on any atom is 0.227 e. The Bertz CT molecular complexity index is 970. The topological polar surface area (TPSA) is 69.0 Å². The SMILES string of the molecule is Cc1ccc(NC(=O)C[C@H](OC(C)C)c2nnc(C3CC(CC(C)C)C3)n2C2CC2)c(C)c1. The first-order valence-corrected chi connectivity index (χ1v) is 12.7. The summed E-state index contributed by atoms with van der Waals surface area (Å²) in [7, 11) is 0. The van der Waals surface area contributed by atoms with Crippen molar-refractivity contribution >= 4 is 11.6 Å². The lowest BCUT2D eigenvalue weighted by Gasteiger charge is -2.36. The summed E-state index contributed by atoms with van der Waals surface area (Å²) in [6.07, 6.45) is 5.83. The van der Waals surface area contributed by atoms with Gasteiger partial charge in [-0.25, -0.2) is 0 Å². The van der Waals surface area contributed by atoms with Crippen molar-refractivity contribution in [3.8, 4) is 0 Å². The van der Waals surface area contributed by atoms with Crippen molar-refractivity contribution in [2.45, 2.75) is 104 Å². The van der Waals surface area contributed by atoms with E-state index in [0.29, 0.717) is 12.0 Å². The molecule has 2 aliphatic carbocycles. The van der Waals surface area contributed by atoms with Gasteiger partial charge in [0.25, 0.3) is 0 Å². The summed E-state index contributed by atoms with van der Waals surface area (Å²) in [5.41, 5.74) is 3.10. The minimum atomic E-state index is -0.399. The lowest BCUT2D eigenvalue weighted by molar-refractivity contribution is -0.120. The fraction of sp³-hybridized carbons (Fsp3) is 0.667. The number of hydrogen-bond acceptors (Lipinski definition) is 4. The van der Waals surface area contributed by atoms with Crippen molar-refractivity contribution in [3.05, 3.63) is 41.0 Å². The minimum Gasteiger partial charge on any atom is -0.367 e. The summed E-state index contributed by atoms with van der Waals surface area (Å²) in [6, 6.07) is 6.52. The Morgan fingerprint density at radius 3 is 2.48 bits per heavy atom. The van der Waals surface area contributed by atoms with Crippen LogP contribution in [0.25, 0.3) is 0 Å². The van der Waals surface area contributed by atoms with Crippen LogP contribution in [0.5, 0.6) is 0 Å². The van der Waals surface area contributed by atoms with E-state index < -0.39 is 6.10 Å². The van der Waals surface area contributed by atoms with Crippen LogP contribution in [0.3, 0.4) is 0 Å². The molecule has 33 heavy (non-hydrogen) atoms. The van der Waals surface area contributed by atoms with E-state index in [2.05, 4.69) is 46.9 Å². The smallest absolute Gasteiger partial charge is 0.227 e. The number of hydrogen-bond donors (Lipinski definition) is 1.